The van der Waals surface area contributed by atoms with Gasteiger partial charge in [-0.25, -0.2) is 24.5 Å². The molecule has 0 fully saturated rings. The first-order valence-corrected chi connectivity index (χ1v) is 14.5. The Balaban J connectivity index is 0.000000652. The number of nitro groups is 1. The fourth-order valence-corrected chi connectivity index (χ4v) is 3.93. The van der Waals surface area contributed by atoms with Crippen molar-refractivity contribution < 1.29 is 33.9 Å². The molecule has 25 nitrogen and oxygen atoms in total. The number of halogens is 1. The second-order valence-corrected chi connectivity index (χ2v) is 9.76. The highest BCUT2D eigenvalue weighted by Gasteiger charge is 2.25. The molecule has 0 aliphatic heterocycles. The minimum atomic E-state index is -0.833. The molecule has 0 bridgehead atoms. The van der Waals surface area contributed by atoms with Crippen molar-refractivity contribution in [3.05, 3.63) is 74.5 Å². The van der Waals surface area contributed by atoms with Crippen LogP contribution in [0.25, 0.3) is 22.1 Å². The minimum absolute atomic E-state index is 0. The number of hydrogen-bond donors (Lipinski definition) is 5. The number of aromatic nitrogens is 12. The predicted octanol–water partition coefficient (Wildman–Crippen LogP) is 0.856. The standard InChI is InChI=1S/C6H5ClN4.C6H6N4O.C6H7N3O4.C6H9N3O2.C2H4O2.CH4N2.CH4/c1-11-5-4(2-10-11)8-3-9-6(5)7;1-10-5-4(2-9-10)7-3-8-6(5)11;1-8-5(6(10)13-2)4(3-7-8)9(11)12;1-9-5(6(10)11-2)4(7)3-8-9;1-2(3)4;2-1-3;/h2-3H,1H3;2-3H,1H3,(H,7,8,11);3H,1-2H3;3H,7H2,1-2H3;1H3,(H,3,4);1H,(H3,2,3);1H4. The van der Waals surface area contributed by atoms with E-state index in [0.717, 1.165) is 42.3 Å². The third-order valence-corrected chi connectivity index (χ3v) is 6.13. The molecule has 6 rings (SSSR count). The highest BCUT2D eigenvalue weighted by Crippen LogP contribution is 2.18. The number of methoxy groups -OCH3 is 2. The van der Waals surface area contributed by atoms with Crippen LogP contribution in [0.1, 0.15) is 35.3 Å². The summed E-state index contributed by atoms with van der Waals surface area (Å²) in [7, 11) is 9.02. The van der Waals surface area contributed by atoms with Crippen molar-refractivity contribution in [2.75, 3.05) is 20.0 Å². The van der Waals surface area contributed by atoms with Gasteiger partial charge < -0.3 is 31.0 Å². The number of carboxylic acids is 1. The lowest BCUT2D eigenvalue weighted by Gasteiger charge is -1.99. The molecule has 0 unspecified atom stereocenters. The van der Waals surface area contributed by atoms with E-state index in [1.807, 2.05) is 0 Å². The molecule has 6 heterocycles. The SMILES string of the molecule is C.CC(=O)O.COC(=O)c1c(N)cnn1C.COC(=O)c1c([N+](=O)[O-])cnn1C.Cn1ncc2nc[nH]c(=O)c21.Cn1ncc2ncnc(Cl)c21.N=CN. The number of rotatable bonds is 3. The van der Waals surface area contributed by atoms with Gasteiger partial charge in [0.1, 0.15) is 29.1 Å². The smallest absolute Gasteiger partial charge is 0.363 e. The predicted molar refractivity (Wildman–Crippen MR) is 194 cm³/mol. The van der Waals surface area contributed by atoms with Crippen molar-refractivity contribution in [1.29, 1.82) is 5.41 Å². The number of nitrogens with one attached hydrogen (secondary N) is 2. The second-order valence-electron chi connectivity index (χ2n) is 9.40. The van der Waals surface area contributed by atoms with Gasteiger partial charge in [0.05, 0.1) is 56.1 Å². The lowest BCUT2D eigenvalue weighted by molar-refractivity contribution is -0.385. The fourth-order valence-electron chi connectivity index (χ4n) is 3.67. The molecule has 292 valence electrons. The van der Waals surface area contributed by atoms with Crippen LogP contribution in [0.3, 0.4) is 0 Å². The zero-order valence-electron chi connectivity index (χ0n) is 29.2. The van der Waals surface area contributed by atoms with Gasteiger partial charge in [-0.05, 0) is 0 Å². The number of carboxylic acid groups (broad SMARTS) is 1. The summed E-state index contributed by atoms with van der Waals surface area (Å²) in [5, 5.41) is 39.4. The van der Waals surface area contributed by atoms with Gasteiger partial charge in [-0.15, -0.1) is 0 Å². The van der Waals surface area contributed by atoms with Gasteiger partial charge in [0.25, 0.3) is 11.5 Å². The van der Waals surface area contributed by atoms with E-state index in [-0.39, 0.29) is 30.1 Å². The monoisotopic (exact) mass is 778 g/mol. The van der Waals surface area contributed by atoms with Crippen LogP contribution in [0.4, 0.5) is 11.4 Å². The average Bonchev–Trinajstić information content (AvgIpc) is 3.88. The Morgan fingerprint density at radius 2 is 1.33 bits per heavy atom. The van der Waals surface area contributed by atoms with E-state index in [1.165, 1.54) is 42.4 Å². The summed E-state index contributed by atoms with van der Waals surface area (Å²) >= 11 is 5.79. The van der Waals surface area contributed by atoms with Gasteiger partial charge in [-0.1, -0.05) is 19.0 Å². The maximum Gasteiger partial charge on any atom is 0.363 e. The molecule has 0 radical (unpaired) electrons. The Hall–Kier alpha value is -7.31. The number of aryl methyl sites for hydroxylation is 4. The van der Waals surface area contributed by atoms with E-state index in [4.69, 9.17) is 32.6 Å². The molecule has 0 aliphatic rings. The summed E-state index contributed by atoms with van der Waals surface area (Å²) in [4.78, 5) is 66.0. The Morgan fingerprint density at radius 1 is 0.889 bits per heavy atom. The number of aliphatic carboxylic acids is 1. The van der Waals surface area contributed by atoms with Crippen LogP contribution in [-0.4, -0.2) is 108 Å². The number of esters is 2. The zero-order chi connectivity index (χ0) is 40.4. The van der Waals surface area contributed by atoms with E-state index in [0.29, 0.717) is 21.9 Å². The first-order chi connectivity index (χ1) is 25.0. The molecule has 0 spiro atoms. The third kappa shape index (κ3) is 13.1. The molecule has 0 saturated heterocycles. The summed E-state index contributed by atoms with van der Waals surface area (Å²) in [5.74, 6) is -2.07. The van der Waals surface area contributed by atoms with Crippen molar-refractivity contribution in [2.24, 2.45) is 33.9 Å². The summed E-state index contributed by atoms with van der Waals surface area (Å²) in [6.45, 7) is 1.08. The molecule has 0 amide bonds. The topological polar surface area (TPSA) is 352 Å². The molecule has 6 aromatic heterocycles. The molecule has 26 heteroatoms. The van der Waals surface area contributed by atoms with Crippen LogP contribution in [0.2, 0.25) is 5.15 Å². The van der Waals surface area contributed by atoms with E-state index < -0.39 is 22.8 Å². The van der Waals surface area contributed by atoms with Gasteiger partial charge >= 0.3 is 17.6 Å². The van der Waals surface area contributed by atoms with Crippen LogP contribution < -0.4 is 17.0 Å². The van der Waals surface area contributed by atoms with E-state index >= 15 is 0 Å². The van der Waals surface area contributed by atoms with Gasteiger partial charge in [0.2, 0.25) is 5.69 Å². The van der Waals surface area contributed by atoms with E-state index in [2.05, 4.69) is 55.5 Å². The maximum atomic E-state index is 11.1. The number of aromatic amines is 1. The van der Waals surface area contributed by atoms with Gasteiger partial charge in [0, 0.05) is 35.1 Å². The zero-order valence-corrected chi connectivity index (χ0v) is 29.9. The molecule has 0 aromatic carbocycles. The Bertz CT molecular complexity index is 2200. The van der Waals surface area contributed by atoms with Gasteiger partial charge in [-0.2, -0.15) is 20.4 Å². The number of nitrogen functional groups attached to an aromatic ring is 1. The number of carbonyl (C=O) groups is 3. The largest absolute Gasteiger partial charge is 0.481 e. The first-order valence-electron chi connectivity index (χ1n) is 14.1. The number of fused-ring (bicyclic) bond motifs is 2. The van der Waals surface area contributed by atoms with Crippen LogP contribution in [-0.2, 0) is 42.5 Å². The summed E-state index contributed by atoms with van der Waals surface area (Å²) < 4.78 is 14.5. The summed E-state index contributed by atoms with van der Waals surface area (Å²) in [6, 6.07) is 0. The van der Waals surface area contributed by atoms with Crippen LogP contribution in [0, 0.1) is 15.5 Å². The molecule has 0 saturated carbocycles. The average molecular weight is 779 g/mol. The van der Waals surface area contributed by atoms with Crippen LogP contribution in [0.15, 0.2) is 42.2 Å². The molecule has 0 aliphatic carbocycles. The number of anilines is 1. The Kier molecular flexibility index (Phi) is 19.5. The number of H-pyrrole nitrogens is 1. The minimum Gasteiger partial charge on any atom is -0.481 e. The quantitative estimate of drug-likeness (QED) is 0.0415. The molecule has 54 heavy (non-hydrogen) atoms. The molecular formula is C28H39ClN16O9. The van der Waals surface area contributed by atoms with Gasteiger partial charge in [0.15, 0.2) is 16.4 Å². The van der Waals surface area contributed by atoms with Crippen molar-refractivity contribution in [3.8, 4) is 0 Å². The summed E-state index contributed by atoms with van der Waals surface area (Å²) in [5.41, 5.74) is 12.4. The van der Waals surface area contributed by atoms with Crippen molar-refractivity contribution in [1.82, 2.24) is 59.1 Å². The van der Waals surface area contributed by atoms with Crippen LogP contribution >= 0.6 is 11.6 Å². The first kappa shape index (κ1) is 46.7. The molecule has 6 aromatic rings. The highest BCUT2D eigenvalue weighted by atomic mass is 35.5. The molecular weight excluding hydrogens is 740 g/mol. The fraction of sp³-hybridized carbons (Fsp3) is 0.286. The van der Waals surface area contributed by atoms with E-state index in [9.17, 15) is 24.5 Å². The highest BCUT2D eigenvalue weighted by molar-refractivity contribution is 6.33. The van der Waals surface area contributed by atoms with Crippen molar-refractivity contribution >= 4 is 69.3 Å². The Labute approximate surface area is 310 Å². The van der Waals surface area contributed by atoms with Crippen molar-refractivity contribution in [3.63, 3.8) is 0 Å². The number of nitrogens with zero attached hydrogens (tertiary/aromatic N) is 12. The normalized spacial score (nSPS) is 9.33. The Morgan fingerprint density at radius 3 is 1.78 bits per heavy atom. The maximum absolute atomic E-state index is 11.1. The number of ether oxygens (including phenoxy) is 2. The van der Waals surface area contributed by atoms with E-state index in [1.54, 1.807) is 38.2 Å². The van der Waals surface area contributed by atoms with Crippen LogP contribution in [0.5, 0.6) is 0 Å². The number of carbonyl (C=O) groups excluding carboxylic acids is 2. The number of nitrogens with two attached hydrogens (primary N) is 2. The van der Waals surface area contributed by atoms with Crippen molar-refractivity contribution in [2.45, 2.75) is 14.4 Å². The van der Waals surface area contributed by atoms with Gasteiger partial charge in [-0.3, -0.25) is 43.8 Å². The third-order valence-electron chi connectivity index (χ3n) is 5.86. The molecule has 0 atom stereocenters. The lowest BCUT2D eigenvalue weighted by atomic mass is 10.4. The lowest BCUT2D eigenvalue weighted by Crippen LogP contribution is -2.10. The number of hydrogen-bond acceptors (Lipinski definition) is 17. The second kappa shape index (κ2) is 22.5. The molecule has 7 N–H and O–H groups in total. The summed E-state index contributed by atoms with van der Waals surface area (Å²) in [6.07, 6.45) is 9.17.